The topological polar surface area (TPSA) is 70.6 Å². The van der Waals surface area contributed by atoms with Crippen LogP contribution in [0.5, 0.6) is 0 Å². The van der Waals surface area contributed by atoms with E-state index >= 15 is 0 Å². The van der Waals surface area contributed by atoms with Crippen molar-refractivity contribution in [1.82, 2.24) is 14.9 Å². The Labute approximate surface area is 149 Å². The normalized spacial score (nSPS) is 18.8. The smallest absolute Gasteiger partial charge is 0.410 e. The van der Waals surface area contributed by atoms with E-state index in [1.165, 1.54) is 12.8 Å². The number of likely N-dealkylation sites (tertiary alicyclic amines) is 1. The molecule has 1 aromatic rings. The second kappa shape index (κ2) is 7.06. The number of nitrogens with one attached hydrogen (secondary N) is 1. The molecule has 3 rings (SSSR count). The maximum absolute atomic E-state index is 12.2. The molecule has 1 amide bonds. The number of nitrogens with zero attached hydrogens (tertiary/aromatic N) is 4. The first-order valence-corrected chi connectivity index (χ1v) is 9.11. The zero-order valence-corrected chi connectivity index (χ0v) is 15.7. The Balaban J connectivity index is 1.54. The van der Waals surface area contributed by atoms with Gasteiger partial charge < -0.3 is 19.9 Å². The number of hydrogen-bond acceptors (Lipinski definition) is 6. The van der Waals surface area contributed by atoms with Gasteiger partial charge in [-0.3, -0.25) is 0 Å². The first-order valence-electron chi connectivity index (χ1n) is 9.11. The van der Waals surface area contributed by atoms with Crippen LogP contribution in [0, 0.1) is 0 Å². The number of carbonyl (C=O) groups is 1. The summed E-state index contributed by atoms with van der Waals surface area (Å²) in [6, 6.07) is 2.95. The van der Waals surface area contributed by atoms with E-state index in [4.69, 9.17) is 4.74 Å². The summed E-state index contributed by atoms with van der Waals surface area (Å²) >= 11 is 0. The van der Waals surface area contributed by atoms with Crippen LogP contribution in [0.1, 0.15) is 46.5 Å². The van der Waals surface area contributed by atoms with E-state index in [9.17, 15) is 4.79 Å². The molecule has 2 heterocycles. The van der Waals surface area contributed by atoms with Gasteiger partial charge in [0.05, 0.1) is 0 Å². The van der Waals surface area contributed by atoms with Gasteiger partial charge in [0.15, 0.2) is 0 Å². The van der Waals surface area contributed by atoms with E-state index in [1.807, 2.05) is 26.8 Å². The van der Waals surface area contributed by atoms with Gasteiger partial charge in [0, 0.05) is 38.3 Å². The third-order valence-corrected chi connectivity index (χ3v) is 4.61. The average Bonchev–Trinajstić information content (AvgIpc) is 3.37. The minimum absolute atomic E-state index is 0.216. The minimum atomic E-state index is -0.448. The zero-order valence-electron chi connectivity index (χ0n) is 15.7. The van der Waals surface area contributed by atoms with Crippen molar-refractivity contribution in [3.8, 4) is 0 Å². The maximum atomic E-state index is 12.2. The fourth-order valence-corrected chi connectivity index (χ4v) is 3.00. The lowest BCUT2D eigenvalue weighted by Gasteiger charge is -2.37. The van der Waals surface area contributed by atoms with Crippen LogP contribution < -0.4 is 10.2 Å². The van der Waals surface area contributed by atoms with Gasteiger partial charge in [-0.2, -0.15) is 0 Å². The monoisotopic (exact) mass is 347 g/mol. The predicted octanol–water partition coefficient (Wildman–Crippen LogP) is 2.89. The number of aromatic nitrogens is 2. The average molecular weight is 347 g/mol. The SMILES string of the molecule is CN(c1cc(NC2CC2)ncn1)C1CCN(C(=O)OC(C)(C)C)CC1. The van der Waals surface area contributed by atoms with Crippen molar-refractivity contribution in [2.75, 3.05) is 30.4 Å². The molecule has 1 saturated carbocycles. The fraction of sp³-hybridized carbons (Fsp3) is 0.722. The fourth-order valence-electron chi connectivity index (χ4n) is 3.00. The summed E-state index contributed by atoms with van der Waals surface area (Å²) < 4.78 is 5.46. The van der Waals surface area contributed by atoms with E-state index in [0.717, 1.165) is 24.5 Å². The summed E-state index contributed by atoms with van der Waals surface area (Å²) in [6.45, 7) is 7.11. The first-order chi connectivity index (χ1) is 11.8. The summed E-state index contributed by atoms with van der Waals surface area (Å²) in [7, 11) is 2.07. The molecule has 7 nitrogen and oxygen atoms in total. The number of ether oxygens (including phenoxy) is 1. The molecular weight excluding hydrogens is 318 g/mol. The van der Waals surface area contributed by atoms with Gasteiger partial charge in [-0.25, -0.2) is 14.8 Å². The Kier molecular flexibility index (Phi) is 5.01. The van der Waals surface area contributed by atoms with Crippen LogP contribution in [0.3, 0.4) is 0 Å². The largest absolute Gasteiger partial charge is 0.444 e. The van der Waals surface area contributed by atoms with Crippen LogP contribution in [-0.2, 0) is 4.74 Å². The minimum Gasteiger partial charge on any atom is -0.444 e. The molecule has 0 radical (unpaired) electrons. The second-order valence-electron chi connectivity index (χ2n) is 7.99. The van der Waals surface area contributed by atoms with E-state index in [1.54, 1.807) is 11.2 Å². The number of carbonyl (C=O) groups excluding carboxylic acids is 1. The van der Waals surface area contributed by atoms with Crippen molar-refractivity contribution in [3.63, 3.8) is 0 Å². The molecule has 138 valence electrons. The van der Waals surface area contributed by atoms with Crippen LogP contribution in [0.4, 0.5) is 16.4 Å². The Bertz CT molecular complexity index is 604. The molecule has 0 aromatic carbocycles. The quantitative estimate of drug-likeness (QED) is 0.903. The Morgan fingerprint density at radius 2 is 1.92 bits per heavy atom. The molecule has 2 aliphatic rings. The van der Waals surface area contributed by atoms with Gasteiger partial charge in [0.1, 0.15) is 23.6 Å². The lowest BCUT2D eigenvalue weighted by molar-refractivity contribution is 0.0205. The van der Waals surface area contributed by atoms with E-state index in [-0.39, 0.29) is 6.09 Å². The summed E-state index contributed by atoms with van der Waals surface area (Å²) in [5.41, 5.74) is -0.448. The molecular formula is C18H29N5O2. The maximum Gasteiger partial charge on any atom is 0.410 e. The molecule has 2 fully saturated rings. The summed E-state index contributed by atoms with van der Waals surface area (Å²) in [5.74, 6) is 1.82. The number of anilines is 2. The van der Waals surface area contributed by atoms with Gasteiger partial charge in [0.25, 0.3) is 0 Å². The van der Waals surface area contributed by atoms with Gasteiger partial charge in [0.2, 0.25) is 0 Å². The molecule has 1 N–H and O–H groups in total. The second-order valence-corrected chi connectivity index (χ2v) is 7.99. The molecule has 1 saturated heterocycles. The van der Waals surface area contributed by atoms with Crippen LogP contribution in [0.15, 0.2) is 12.4 Å². The number of rotatable bonds is 4. The lowest BCUT2D eigenvalue weighted by Crippen LogP contribution is -2.47. The number of hydrogen-bond donors (Lipinski definition) is 1. The highest BCUT2D eigenvalue weighted by Gasteiger charge is 2.29. The molecule has 0 spiro atoms. The van der Waals surface area contributed by atoms with Crippen molar-refractivity contribution in [2.45, 2.75) is 64.1 Å². The zero-order chi connectivity index (χ0) is 18.0. The molecule has 7 heteroatoms. The molecule has 1 aliphatic carbocycles. The standard InChI is InChI=1S/C18H29N5O2/c1-18(2,3)25-17(24)23-9-7-14(8-10-23)22(4)16-11-15(19-12-20-16)21-13-5-6-13/h11-14H,5-10H2,1-4H3,(H,19,20,21). The van der Waals surface area contributed by atoms with E-state index in [0.29, 0.717) is 25.2 Å². The highest BCUT2D eigenvalue weighted by molar-refractivity contribution is 5.68. The Morgan fingerprint density at radius 1 is 1.24 bits per heavy atom. The van der Waals surface area contributed by atoms with Gasteiger partial charge >= 0.3 is 6.09 Å². The third kappa shape index (κ3) is 4.96. The highest BCUT2D eigenvalue weighted by atomic mass is 16.6. The Morgan fingerprint density at radius 3 is 2.52 bits per heavy atom. The van der Waals surface area contributed by atoms with Crippen LogP contribution in [-0.4, -0.2) is 58.8 Å². The third-order valence-electron chi connectivity index (χ3n) is 4.61. The number of piperidine rings is 1. The van der Waals surface area contributed by atoms with Crippen molar-refractivity contribution < 1.29 is 9.53 Å². The van der Waals surface area contributed by atoms with Crippen LogP contribution >= 0.6 is 0 Å². The van der Waals surface area contributed by atoms with E-state index < -0.39 is 5.60 Å². The molecule has 25 heavy (non-hydrogen) atoms. The van der Waals surface area contributed by atoms with Gasteiger partial charge in [-0.1, -0.05) is 0 Å². The number of amides is 1. The van der Waals surface area contributed by atoms with Crippen LogP contribution in [0.2, 0.25) is 0 Å². The summed E-state index contributed by atoms with van der Waals surface area (Å²) in [6.07, 6.45) is 5.66. The predicted molar refractivity (Wildman–Crippen MR) is 97.9 cm³/mol. The van der Waals surface area contributed by atoms with Gasteiger partial charge in [-0.05, 0) is 46.5 Å². The molecule has 0 atom stereocenters. The highest BCUT2D eigenvalue weighted by Crippen LogP contribution is 2.26. The molecule has 1 aromatic heterocycles. The summed E-state index contributed by atoms with van der Waals surface area (Å²) in [5, 5.41) is 3.41. The van der Waals surface area contributed by atoms with Crippen molar-refractivity contribution in [1.29, 1.82) is 0 Å². The molecule has 0 unspecified atom stereocenters. The first kappa shape index (κ1) is 17.8. The Hall–Kier alpha value is -2.05. The lowest BCUT2D eigenvalue weighted by atomic mass is 10.0. The molecule has 0 bridgehead atoms. The molecule has 1 aliphatic heterocycles. The van der Waals surface area contributed by atoms with Crippen molar-refractivity contribution in [2.24, 2.45) is 0 Å². The van der Waals surface area contributed by atoms with Crippen LogP contribution in [0.25, 0.3) is 0 Å². The van der Waals surface area contributed by atoms with Gasteiger partial charge in [-0.15, -0.1) is 0 Å². The van der Waals surface area contributed by atoms with Crippen molar-refractivity contribution in [3.05, 3.63) is 12.4 Å². The van der Waals surface area contributed by atoms with Crippen molar-refractivity contribution >= 4 is 17.7 Å². The summed E-state index contributed by atoms with van der Waals surface area (Å²) in [4.78, 5) is 24.9. The van der Waals surface area contributed by atoms with E-state index in [2.05, 4.69) is 27.2 Å².